The second-order valence-corrected chi connectivity index (χ2v) is 4.67. The largest absolute Gasteiger partial charge is 0.297 e. The van der Waals surface area contributed by atoms with Gasteiger partial charge in [0.1, 0.15) is 6.04 Å². The smallest absolute Gasteiger partial charge is 0.259 e. The number of allylic oxidation sites excluding steroid dienone is 2. The lowest BCUT2D eigenvalue weighted by Crippen LogP contribution is -2.35. The molecule has 1 aliphatic rings. The van der Waals surface area contributed by atoms with Gasteiger partial charge >= 0.3 is 0 Å². The fourth-order valence-corrected chi connectivity index (χ4v) is 1.98. The standard InChI is InChI=1S/C18H19NO/c1-2-3-4-8-13-17-14-9-10-15-19(17)18(20)16-11-6-5-7-12-16/h5-7,9-12,14-15,17H,2-4H2,1H3. The van der Waals surface area contributed by atoms with E-state index < -0.39 is 0 Å². The van der Waals surface area contributed by atoms with Crippen molar-refractivity contribution in [3.05, 3.63) is 60.3 Å². The maximum Gasteiger partial charge on any atom is 0.259 e. The quantitative estimate of drug-likeness (QED) is 0.601. The molecule has 1 atom stereocenters. The first-order valence-electron chi connectivity index (χ1n) is 7.04. The molecule has 1 aliphatic heterocycles. The average molecular weight is 265 g/mol. The summed E-state index contributed by atoms with van der Waals surface area (Å²) in [5, 5.41) is 0. The Morgan fingerprint density at radius 3 is 2.80 bits per heavy atom. The third kappa shape index (κ3) is 3.61. The highest BCUT2D eigenvalue weighted by Gasteiger charge is 2.20. The van der Waals surface area contributed by atoms with E-state index in [9.17, 15) is 4.79 Å². The number of hydrogen-bond donors (Lipinski definition) is 0. The van der Waals surface area contributed by atoms with Crippen LogP contribution >= 0.6 is 0 Å². The number of unbranched alkanes of at least 4 members (excludes halogenated alkanes) is 2. The molecule has 0 saturated carbocycles. The number of hydrogen-bond acceptors (Lipinski definition) is 1. The first kappa shape index (κ1) is 14.1. The summed E-state index contributed by atoms with van der Waals surface area (Å²) in [5.41, 5.74) is 0.688. The number of carbonyl (C=O) groups excluding carboxylic acids is 1. The minimum absolute atomic E-state index is 0.0130. The fraction of sp³-hybridized carbons (Fsp3) is 0.278. The lowest BCUT2D eigenvalue weighted by Gasteiger charge is -2.24. The monoisotopic (exact) mass is 265 g/mol. The maximum atomic E-state index is 12.5. The van der Waals surface area contributed by atoms with E-state index in [1.54, 1.807) is 11.1 Å². The third-order valence-corrected chi connectivity index (χ3v) is 3.11. The highest BCUT2D eigenvalue weighted by atomic mass is 16.2. The molecule has 2 nitrogen and oxygen atoms in total. The SMILES string of the molecule is CCCCC#CC1C=CC=CN1C(=O)c1ccccc1. The van der Waals surface area contributed by atoms with Gasteiger partial charge in [0.2, 0.25) is 0 Å². The van der Waals surface area contributed by atoms with E-state index in [0.29, 0.717) is 5.56 Å². The van der Waals surface area contributed by atoms with Crippen LogP contribution in [-0.4, -0.2) is 16.8 Å². The van der Waals surface area contributed by atoms with Crippen molar-refractivity contribution in [3.63, 3.8) is 0 Å². The summed E-state index contributed by atoms with van der Waals surface area (Å²) in [4.78, 5) is 14.2. The molecule has 0 saturated heterocycles. The predicted molar refractivity (Wildman–Crippen MR) is 82.0 cm³/mol. The first-order valence-corrected chi connectivity index (χ1v) is 7.04. The van der Waals surface area contributed by atoms with Crippen molar-refractivity contribution in [1.29, 1.82) is 0 Å². The van der Waals surface area contributed by atoms with Crippen LogP contribution in [0.4, 0.5) is 0 Å². The summed E-state index contributed by atoms with van der Waals surface area (Å²) < 4.78 is 0. The van der Waals surface area contributed by atoms with Gasteiger partial charge in [0.15, 0.2) is 0 Å². The molecule has 0 bridgehead atoms. The van der Waals surface area contributed by atoms with E-state index in [2.05, 4.69) is 18.8 Å². The Labute approximate surface area is 120 Å². The second-order valence-electron chi connectivity index (χ2n) is 4.67. The zero-order valence-electron chi connectivity index (χ0n) is 11.8. The zero-order valence-corrected chi connectivity index (χ0v) is 11.8. The van der Waals surface area contributed by atoms with Crippen molar-refractivity contribution in [2.75, 3.05) is 0 Å². The molecule has 102 valence electrons. The summed E-state index contributed by atoms with van der Waals surface area (Å²) in [6.45, 7) is 2.15. The van der Waals surface area contributed by atoms with Crippen LogP contribution in [0.25, 0.3) is 0 Å². The van der Waals surface area contributed by atoms with E-state index >= 15 is 0 Å². The molecule has 1 aromatic rings. The number of amides is 1. The molecular formula is C18H19NO. The molecule has 0 N–H and O–H groups in total. The average Bonchev–Trinajstić information content (AvgIpc) is 2.52. The molecule has 2 rings (SSSR count). The molecular weight excluding hydrogens is 246 g/mol. The van der Waals surface area contributed by atoms with Gasteiger partial charge in [-0.2, -0.15) is 0 Å². The maximum absolute atomic E-state index is 12.5. The van der Waals surface area contributed by atoms with E-state index in [1.807, 2.05) is 48.6 Å². The number of nitrogens with zero attached hydrogens (tertiary/aromatic N) is 1. The molecule has 0 aliphatic carbocycles. The Morgan fingerprint density at radius 2 is 2.05 bits per heavy atom. The third-order valence-electron chi connectivity index (χ3n) is 3.11. The lowest BCUT2D eigenvalue weighted by atomic mass is 10.1. The van der Waals surface area contributed by atoms with Crippen molar-refractivity contribution in [1.82, 2.24) is 4.90 Å². The zero-order chi connectivity index (χ0) is 14.2. The van der Waals surface area contributed by atoms with Crippen molar-refractivity contribution in [3.8, 4) is 11.8 Å². The van der Waals surface area contributed by atoms with Crippen LogP contribution in [0.1, 0.15) is 36.5 Å². The Morgan fingerprint density at radius 1 is 1.25 bits per heavy atom. The van der Waals surface area contributed by atoms with Crippen molar-refractivity contribution >= 4 is 5.91 Å². The first-order chi connectivity index (χ1) is 9.83. The van der Waals surface area contributed by atoms with Crippen molar-refractivity contribution < 1.29 is 4.79 Å². The normalized spacial score (nSPS) is 16.6. The minimum atomic E-state index is -0.162. The molecule has 0 fully saturated rings. The van der Waals surface area contributed by atoms with Gasteiger partial charge in [0.05, 0.1) is 0 Å². The summed E-state index contributed by atoms with van der Waals surface area (Å²) in [6.07, 6.45) is 10.7. The molecule has 20 heavy (non-hydrogen) atoms. The van der Waals surface area contributed by atoms with Gasteiger partial charge in [-0.3, -0.25) is 9.69 Å². The van der Waals surface area contributed by atoms with Gasteiger partial charge in [-0.25, -0.2) is 0 Å². The summed E-state index contributed by atoms with van der Waals surface area (Å²) >= 11 is 0. The van der Waals surface area contributed by atoms with Gasteiger partial charge in [0, 0.05) is 18.2 Å². The topological polar surface area (TPSA) is 20.3 Å². The van der Waals surface area contributed by atoms with Crippen LogP contribution in [0, 0.1) is 11.8 Å². The van der Waals surface area contributed by atoms with Crippen LogP contribution in [0.15, 0.2) is 54.8 Å². The number of rotatable bonds is 3. The van der Waals surface area contributed by atoms with Gasteiger partial charge in [0.25, 0.3) is 5.91 Å². The van der Waals surface area contributed by atoms with Crippen molar-refractivity contribution in [2.45, 2.75) is 32.2 Å². The summed E-state index contributed by atoms with van der Waals surface area (Å²) in [6, 6.07) is 9.15. The van der Waals surface area contributed by atoms with Crippen LogP contribution in [0.5, 0.6) is 0 Å². The molecule has 1 amide bonds. The highest BCUT2D eigenvalue weighted by Crippen LogP contribution is 2.13. The predicted octanol–water partition coefficient (Wildman–Crippen LogP) is 3.77. The number of benzene rings is 1. The van der Waals surface area contributed by atoms with Crippen LogP contribution in [0.3, 0.4) is 0 Å². The minimum Gasteiger partial charge on any atom is -0.297 e. The van der Waals surface area contributed by atoms with E-state index in [0.717, 1.165) is 19.3 Å². The molecule has 0 spiro atoms. The summed E-state index contributed by atoms with van der Waals surface area (Å²) in [7, 11) is 0. The lowest BCUT2D eigenvalue weighted by molar-refractivity contribution is 0.0813. The number of carbonyl (C=O) groups is 1. The Bertz CT molecular complexity index is 560. The Kier molecular flexibility index (Phi) is 5.20. The molecule has 0 aromatic heterocycles. The molecule has 0 radical (unpaired) electrons. The van der Waals surface area contributed by atoms with Crippen LogP contribution in [0.2, 0.25) is 0 Å². The molecule has 1 heterocycles. The summed E-state index contributed by atoms with van der Waals surface area (Å²) in [5.74, 6) is 6.32. The fourth-order valence-electron chi connectivity index (χ4n) is 1.98. The van der Waals surface area contributed by atoms with Crippen LogP contribution in [-0.2, 0) is 0 Å². The van der Waals surface area contributed by atoms with E-state index in [-0.39, 0.29) is 11.9 Å². The Balaban J connectivity index is 2.11. The van der Waals surface area contributed by atoms with Gasteiger partial charge in [-0.15, -0.1) is 5.92 Å². The van der Waals surface area contributed by atoms with Crippen LogP contribution < -0.4 is 0 Å². The Hall–Kier alpha value is -2.27. The second kappa shape index (κ2) is 7.35. The van der Waals surface area contributed by atoms with Gasteiger partial charge in [-0.05, 0) is 30.7 Å². The van der Waals surface area contributed by atoms with E-state index in [4.69, 9.17) is 0 Å². The molecule has 2 heteroatoms. The molecule has 1 aromatic carbocycles. The van der Waals surface area contributed by atoms with Crippen molar-refractivity contribution in [2.24, 2.45) is 0 Å². The van der Waals surface area contributed by atoms with Gasteiger partial charge < -0.3 is 0 Å². The van der Waals surface area contributed by atoms with Gasteiger partial charge in [-0.1, -0.05) is 43.5 Å². The molecule has 1 unspecified atom stereocenters. The van der Waals surface area contributed by atoms with E-state index in [1.165, 1.54) is 0 Å². The highest BCUT2D eigenvalue weighted by molar-refractivity contribution is 5.95.